The number of benzene rings is 1. The third-order valence-electron chi connectivity index (χ3n) is 3.42. The number of para-hydroxylation sites is 1. The van der Waals surface area contributed by atoms with Crippen LogP contribution in [0.2, 0.25) is 0 Å². The van der Waals surface area contributed by atoms with Crippen LogP contribution >= 0.6 is 0 Å². The number of halogens is 9. The molecular formula is C13H10F9NO3. The Morgan fingerprint density at radius 3 is 1.92 bits per heavy atom. The minimum Gasteiger partial charge on any atom is -0.376 e. The molecule has 1 aromatic carbocycles. The molecular weight excluding hydrogens is 389 g/mol. The van der Waals surface area contributed by atoms with Crippen molar-refractivity contribution < 1.29 is 49.2 Å². The summed E-state index contributed by atoms with van der Waals surface area (Å²) in [5.74, 6) is -19.8. The van der Waals surface area contributed by atoms with Crippen LogP contribution in [-0.2, 0) is 4.74 Å². The fraction of sp³-hybridized carbons (Fsp3) is 0.538. The average Bonchev–Trinajstić information content (AvgIpc) is 2.51. The molecule has 26 heavy (non-hydrogen) atoms. The van der Waals surface area contributed by atoms with Crippen LogP contribution < -0.4 is 0 Å². The van der Waals surface area contributed by atoms with Crippen LogP contribution in [0.15, 0.2) is 24.3 Å². The normalized spacial score (nSPS) is 15.0. The number of nitro benzene ring substituents is 1. The predicted octanol–water partition coefficient (Wildman–Crippen LogP) is 5.14. The van der Waals surface area contributed by atoms with E-state index in [0.29, 0.717) is 7.11 Å². The van der Waals surface area contributed by atoms with E-state index in [2.05, 4.69) is 4.74 Å². The maximum Gasteiger partial charge on any atom is 0.460 e. The second-order valence-corrected chi connectivity index (χ2v) is 5.10. The molecule has 0 amide bonds. The average molecular weight is 399 g/mol. The van der Waals surface area contributed by atoms with E-state index in [-0.39, 0.29) is 0 Å². The van der Waals surface area contributed by atoms with E-state index in [0.717, 1.165) is 24.3 Å². The SMILES string of the molecule is COC(CC(F)(F)C(F)(F)C(F)(F)C(F)(F)F)c1ccccc1[N+](=O)[O-]. The van der Waals surface area contributed by atoms with Gasteiger partial charge in [0.05, 0.1) is 16.6 Å². The molecule has 0 aromatic heterocycles. The number of rotatable bonds is 7. The van der Waals surface area contributed by atoms with Crippen molar-refractivity contribution in [1.29, 1.82) is 0 Å². The lowest BCUT2D eigenvalue weighted by molar-refractivity contribution is -0.399. The van der Waals surface area contributed by atoms with Crippen molar-refractivity contribution >= 4 is 5.69 Å². The van der Waals surface area contributed by atoms with Crippen LogP contribution in [-0.4, -0.2) is 36.0 Å². The van der Waals surface area contributed by atoms with Crippen LogP contribution in [0.4, 0.5) is 45.2 Å². The summed E-state index contributed by atoms with van der Waals surface area (Å²) in [6.07, 6.45) is -11.5. The van der Waals surface area contributed by atoms with Crippen LogP contribution in [0.25, 0.3) is 0 Å². The fourth-order valence-electron chi connectivity index (χ4n) is 2.02. The summed E-state index contributed by atoms with van der Waals surface area (Å²) in [6, 6.07) is 3.79. The Balaban J connectivity index is 3.31. The smallest absolute Gasteiger partial charge is 0.376 e. The highest BCUT2D eigenvalue weighted by atomic mass is 19.4. The van der Waals surface area contributed by atoms with Gasteiger partial charge < -0.3 is 4.74 Å². The van der Waals surface area contributed by atoms with Crippen molar-refractivity contribution in [3.63, 3.8) is 0 Å². The molecule has 0 bridgehead atoms. The summed E-state index contributed by atoms with van der Waals surface area (Å²) < 4.78 is 120. The molecule has 1 rings (SSSR count). The molecule has 4 nitrogen and oxygen atoms in total. The highest BCUT2D eigenvalue weighted by Gasteiger charge is 2.81. The molecule has 0 saturated heterocycles. The first-order chi connectivity index (χ1) is 11.6. The van der Waals surface area contributed by atoms with Crippen molar-refractivity contribution in [1.82, 2.24) is 0 Å². The topological polar surface area (TPSA) is 52.4 Å². The van der Waals surface area contributed by atoms with Gasteiger partial charge >= 0.3 is 23.9 Å². The van der Waals surface area contributed by atoms with Gasteiger partial charge in [0.15, 0.2) is 0 Å². The molecule has 0 aliphatic heterocycles. The number of hydrogen-bond donors (Lipinski definition) is 0. The van der Waals surface area contributed by atoms with Gasteiger partial charge in [-0.3, -0.25) is 10.1 Å². The number of hydrogen-bond acceptors (Lipinski definition) is 3. The largest absolute Gasteiger partial charge is 0.460 e. The Morgan fingerprint density at radius 2 is 1.50 bits per heavy atom. The first-order valence-electron chi connectivity index (χ1n) is 6.56. The zero-order chi connectivity index (χ0) is 20.6. The van der Waals surface area contributed by atoms with E-state index in [4.69, 9.17) is 0 Å². The van der Waals surface area contributed by atoms with E-state index in [1.54, 1.807) is 0 Å². The highest BCUT2D eigenvalue weighted by molar-refractivity contribution is 5.41. The zero-order valence-corrected chi connectivity index (χ0v) is 12.7. The van der Waals surface area contributed by atoms with Gasteiger partial charge in [0.25, 0.3) is 5.69 Å². The van der Waals surface area contributed by atoms with Gasteiger partial charge in [0.1, 0.15) is 0 Å². The Kier molecular flexibility index (Phi) is 5.86. The van der Waals surface area contributed by atoms with Crippen molar-refractivity contribution in [2.75, 3.05) is 7.11 Å². The maximum absolute atomic E-state index is 13.7. The van der Waals surface area contributed by atoms with Crippen molar-refractivity contribution in [3.05, 3.63) is 39.9 Å². The molecule has 0 spiro atoms. The number of nitro groups is 1. The number of nitrogens with zero attached hydrogens (tertiary/aromatic N) is 1. The molecule has 0 radical (unpaired) electrons. The number of ether oxygens (including phenoxy) is 1. The quantitative estimate of drug-likeness (QED) is 0.363. The van der Waals surface area contributed by atoms with E-state index >= 15 is 0 Å². The Labute approximate surface area is 139 Å². The predicted molar refractivity (Wildman–Crippen MR) is 68.4 cm³/mol. The third-order valence-corrected chi connectivity index (χ3v) is 3.42. The van der Waals surface area contributed by atoms with E-state index in [1.165, 1.54) is 0 Å². The van der Waals surface area contributed by atoms with Gasteiger partial charge in [0, 0.05) is 19.6 Å². The second kappa shape index (κ2) is 6.93. The molecule has 1 atom stereocenters. The Hall–Kier alpha value is -2.05. The maximum atomic E-state index is 13.7. The van der Waals surface area contributed by atoms with Gasteiger partial charge in [-0.2, -0.15) is 39.5 Å². The first-order valence-corrected chi connectivity index (χ1v) is 6.56. The van der Waals surface area contributed by atoms with Crippen molar-refractivity contribution in [2.24, 2.45) is 0 Å². The summed E-state index contributed by atoms with van der Waals surface area (Å²) in [5, 5.41) is 10.8. The monoisotopic (exact) mass is 399 g/mol. The molecule has 148 valence electrons. The first kappa shape index (κ1) is 22.0. The van der Waals surface area contributed by atoms with Crippen LogP contribution in [0.1, 0.15) is 18.1 Å². The van der Waals surface area contributed by atoms with Crippen molar-refractivity contribution in [2.45, 2.75) is 36.5 Å². The third kappa shape index (κ3) is 3.71. The van der Waals surface area contributed by atoms with Crippen molar-refractivity contribution in [3.8, 4) is 0 Å². The minimum absolute atomic E-state index is 0.650. The molecule has 0 aliphatic rings. The zero-order valence-electron chi connectivity index (χ0n) is 12.7. The number of methoxy groups -OCH3 is 1. The van der Waals surface area contributed by atoms with Gasteiger partial charge in [-0.25, -0.2) is 0 Å². The summed E-state index contributed by atoms with van der Waals surface area (Å²) in [6.45, 7) is 0. The van der Waals surface area contributed by atoms with Gasteiger partial charge in [-0.05, 0) is 6.07 Å². The summed E-state index contributed by atoms with van der Waals surface area (Å²) >= 11 is 0. The standard InChI is InChI=1S/C13H10F9NO3/c1-26-9(7-4-2-3-5-8(7)23(24)25)6-10(14,15)11(16,17)12(18,19)13(20,21)22/h2-5,9H,6H2,1H3. The molecule has 1 aromatic rings. The lowest BCUT2D eigenvalue weighted by atomic mass is 9.94. The molecule has 1 unspecified atom stereocenters. The van der Waals surface area contributed by atoms with Crippen LogP contribution in [0.3, 0.4) is 0 Å². The van der Waals surface area contributed by atoms with Crippen LogP contribution in [0.5, 0.6) is 0 Å². The molecule has 0 saturated carbocycles. The lowest BCUT2D eigenvalue weighted by Crippen LogP contribution is -2.61. The molecule has 0 heterocycles. The fourth-order valence-corrected chi connectivity index (χ4v) is 2.02. The molecule has 0 aliphatic carbocycles. The van der Waals surface area contributed by atoms with Gasteiger partial charge in [0.2, 0.25) is 0 Å². The Bertz CT molecular complexity index is 661. The van der Waals surface area contributed by atoms with E-state index in [9.17, 15) is 49.6 Å². The van der Waals surface area contributed by atoms with Gasteiger partial charge in [-0.1, -0.05) is 12.1 Å². The Morgan fingerprint density at radius 1 is 1.00 bits per heavy atom. The molecule has 0 fully saturated rings. The summed E-state index contributed by atoms with van der Waals surface area (Å²) in [4.78, 5) is 9.76. The molecule has 13 heteroatoms. The van der Waals surface area contributed by atoms with Gasteiger partial charge in [-0.15, -0.1) is 0 Å². The summed E-state index contributed by atoms with van der Waals surface area (Å²) in [7, 11) is 0.650. The minimum atomic E-state index is -7.04. The van der Waals surface area contributed by atoms with E-state index < -0.39 is 52.6 Å². The van der Waals surface area contributed by atoms with Crippen LogP contribution in [0, 0.1) is 10.1 Å². The summed E-state index contributed by atoms with van der Waals surface area (Å²) in [5.41, 5.74) is -1.55. The lowest BCUT2D eigenvalue weighted by Gasteiger charge is -2.35. The highest BCUT2D eigenvalue weighted by Crippen LogP contribution is 2.55. The van der Waals surface area contributed by atoms with E-state index in [1.807, 2.05) is 0 Å². The number of alkyl halides is 9. The molecule has 0 N–H and O–H groups in total. The second-order valence-electron chi connectivity index (χ2n) is 5.10.